The fourth-order valence-corrected chi connectivity index (χ4v) is 3.04. The molecule has 142 valence electrons. The van der Waals surface area contributed by atoms with Gasteiger partial charge < -0.3 is 16.4 Å². The minimum Gasteiger partial charge on any atom is -0.366 e. The first-order valence-electron chi connectivity index (χ1n) is 8.70. The van der Waals surface area contributed by atoms with Crippen LogP contribution in [-0.2, 0) is 9.59 Å². The molecule has 2 aromatic carbocycles. The Balaban J connectivity index is 1.84. The monoisotopic (exact) mass is 385 g/mol. The average molecular weight is 385 g/mol. The highest BCUT2D eigenvalue weighted by Gasteiger charge is 2.07. The minimum absolute atomic E-state index is 0.00356. The first-order valence-corrected chi connectivity index (χ1v) is 9.69. The van der Waals surface area contributed by atoms with Crippen LogP contribution in [0, 0.1) is 0 Å². The van der Waals surface area contributed by atoms with Crippen molar-refractivity contribution in [2.75, 3.05) is 16.4 Å². The number of benzene rings is 2. The number of primary amides is 1. The van der Waals surface area contributed by atoms with Crippen LogP contribution in [0.3, 0.4) is 0 Å². The van der Waals surface area contributed by atoms with Crippen LogP contribution >= 0.6 is 11.8 Å². The van der Waals surface area contributed by atoms with E-state index in [2.05, 4.69) is 10.6 Å². The lowest BCUT2D eigenvalue weighted by molar-refractivity contribution is -0.116. The molecule has 0 radical (unpaired) electrons. The summed E-state index contributed by atoms with van der Waals surface area (Å²) < 4.78 is 0. The van der Waals surface area contributed by atoms with Gasteiger partial charge in [0.1, 0.15) is 0 Å². The van der Waals surface area contributed by atoms with Gasteiger partial charge in [0.15, 0.2) is 0 Å². The molecule has 0 aliphatic carbocycles. The summed E-state index contributed by atoms with van der Waals surface area (Å²) in [6, 6.07) is 13.8. The first-order chi connectivity index (χ1) is 13.0. The topological polar surface area (TPSA) is 101 Å². The highest BCUT2D eigenvalue weighted by Crippen LogP contribution is 2.22. The largest absolute Gasteiger partial charge is 0.366 e. The maximum absolute atomic E-state index is 12.1. The quantitative estimate of drug-likeness (QED) is 0.574. The van der Waals surface area contributed by atoms with E-state index in [1.807, 2.05) is 31.2 Å². The second kappa shape index (κ2) is 10.4. The molecular formula is C20H23N3O3S. The van der Waals surface area contributed by atoms with E-state index < -0.39 is 5.91 Å². The SMILES string of the molecule is CCCCC(=O)Nc1cccc(SCC(=O)Nc2ccc(C(N)=O)cc2)c1. The predicted molar refractivity (Wildman–Crippen MR) is 109 cm³/mol. The number of rotatable bonds is 9. The molecule has 0 saturated heterocycles. The van der Waals surface area contributed by atoms with Crippen LogP contribution in [0.5, 0.6) is 0 Å². The van der Waals surface area contributed by atoms with E-state index in [1.54, 1.807) is 24.3 Å². The Labute approximate surface area is 162 Å². The van der Waals surface area contributed by atoms with E-state index in [4.69, 9.17) is 5.73 Å². The van der Waals surface area contributed by atoms with E-state index in [0.717, 1.165) is 23.4 Å². The highest BCUT2D eigenvalue weighted by atomic mass is 32.2. The van der Waals surface area contributed by atoms with Crippen LogP contribution in [0.4, 0.5) is 11.4 Å². The second-order valence-electron chi connectivity index (χ2n) is 5.96. The summed E-state index contributed by atoms with van der Waals surface area (Å²) in [6.45, 7) is 2.04. The molecule has 2 rings (SSSR count). The van der Waals surface area contributed by atoms with Crippen molar-refractivity contribution in [3.8, 4) is 0 Å². The van der Waals surface area contributed by atoms with Gasteiger partial charge in [-0.25, -0.2) is 0 Å². The van der Waals surface area contributed by atoms with Crippen molar-refractivity contribution < 1.29 is 14.4 Å². The van der Waals surface area contributed by atoms with Crippen molar-refractivity contribution in [2.45, 2.75) is 31.1 Å². The van der Waals surface area contributed by atoms with Gasteiger partial charge in [0.05, 0.1) is 5.75 Å². The Morgan fingerprint density at radius 1 is 0.963 bits per heavy atom. The van der Waals surface area contributed by atoms with E-state index in [-0.39, 0.29) is 17.6 Å². The maximum atomic E-state index is 12.1. The Morgan fingerprint density at radius 3 is 2.33 bits per heavy atom. The lowest BCUT2D eigenvalue weighted by atomic mass is 10.2. The Bertz CT molecular complexity index is 806. The van der Waals surface area contributed by atoms with Gasteiger partial charge in [-0.05, 0) is 48.9 Å². The van der Waals surface area contributed by atoms with Gasteiger partial charge >= 0.3 is 0 Å². The highest BCUT2D eigenvalue weighted by molar-refractivity contribution is 8.00. The maximum Gasteiger partial charge on any atom is 0.248 e. The number of amides is 3. The second-order valence-corrected chi connectivity index (χ2v) is 7.01. The van der Waals surface area contributed by atoms with E-state index in [1.165, 1.54) is 11.8 Å². The molecule has 0 unspecified atom stereocenters. The third-order valence-corrected chi connectivity index (χ3v) is 4.69. The molecule has 0 saturated carbocycles. The van der Waals surface area contributed by atoms with Gasteiger partial charge in [0, 0.05) is 28.3 Å². The van der Waals surface area contributed by atoms with Crippen LogP contribution < -0.4 is 16.4 Å². The Kier molecular flexibility index (Phi) is 7.88. The molecule has 0 aliphatic heterocycles. The zero-order chi connectivity index (χ0) is 19.6. The summed E-state index contributed by atoms with van der Waals surface area (Å²) in [6.07, 6.45) is 2.34. The lowest BCUT2D eigenvalue weighted by Crippen LogP contribution is -2.15. The Morgan fingerprint density at radius 2 is 1.67 bits per heavy atom. The molecule has 27 heavy (non-hydrogen) atoms. The summed E-state index contributed by atoms with van der Waals surface area (Å²) in [5.74, 6) is -0.449. The molecule has 0 bridgehead atoms. The summed E-state index contributed by atoms with van der Waals surface area (Å²) in [7, 11) is 0. The van der Waals surface area contributed by atoms with E-state index in [9.17, 15) is 14.4 Å². The molecule has 2 aromatic rings. The van der Waals surface area contributed by atoms with Gasteiger partial charge in [-0.2, -0.15) is 0 Å². The summed E-state index contributed by atoms with van der Waals surface area (Å²) in [5, 5.41) is 5.64. The summed E-state index contributed by atoms with van der Waals surface area (Å²) in [5.41, 5.74) is 6.90. The van der Waals surface area contributed by atoms with Crippen LogP contribution in [0.15, 0.2) is 53.4 Å². The minimum atomic E-state index is -0.509. The third kappa shape index (κ3) is 7.15. The molecule has 7 heteroatoms. The average Bonchev–Trinajstić information content (AvgIpc) is 2.65. The van der Waals surface area contributed by atoms with Gasteiger partial charge in [-0.1, -0.05) is 19.4 Å². The van der Waals surface area contributed by atoms with Crippen LogP contribution in [0.2, 0.25) is 0 Å². The number of carbonyl (C=O) groups is 3. The number of hydrogen-bond acceptors (Lipinski definition) is 4. The van der Waals surface area contributed by atoms with Gasteiger partial charge in [0.25, 0.3) is 0 Å². The number of carbonyl (C=O) groups excluding carboxylic acids is 3. The fourth-order valence-electron chi connectivity index (χ4n) is 2.29. The van der Waals surface area contributed by atoms with E-state index in [0.29, 0.717) is 17.7 Å². The van der Waals surface area contributed by atoms with Crippen LogP contribution in [-0.4, -0.2) is 23.5 Å². The number of hydrogen-bond donors (Lipinski definition) is 3. The van der Waals surface area contributed by atoms with Crippen molar-refractivity contribution in [2.24, 2.45) is 5.73 Å². The van der Waals surface area contributed by atoms with Crippen LogP contribution in [0.1, 0.15) is 36.5 Å². The number of unbranched alkanes of at least 4 members (excludes halogenated alkanes) is 1. The zero-order valence-corrected chi connectivity index (χ0v) is 16.0. The van der Waals surface area contributed by atoms with Gasteiger partial charge in [-0.3, -0.25) is 14.4 Å². The molecule has 0 heterocycles. The van der Waals surface area contributed by atoms with Crippen molar-refractivity contribution in [3.63, 3.8) is 0 Å². The Hall–Kier alpha value is -2.80. The van der Waals surface area contributed by atoms with E-state index >= 15 is 0 Å². The van der Waals surface area contributed by atoms with Crippen molar-refractivity contribution in [1.29, 1.82) is 0 Å². The molecule has 0 aliphatic rings. The molecule has 0 aromatic heterocycles. The number of thioether (sulfide) groups is 1. The predicted octanol–water partition coefficient (Wildman–Crippen LogP) is 3.65. The molecular weight excluding hydrogens is 362 g/mol. The van der Waals surface area contributed by atoms with Crippen molar-refractivity contribution in [3.05, 3.63) is 54.1 Å². The zero-order valence-electron chi connectivity index (χ0n) is 15.2. The molecule has 0 atom stereocenters. The van der Waals surface area contributed by atoms with Crippen LogP contribution in [0.25, 0.3) is 0 Å². The molecule has 4 N–H and O–H groups in total. The molecule has 0 fully saturated rings. The van der Waals surface area contributed by atoms with Crippen molar-refractivity contribution >= 4 is 40.9 Å². The number of nitrogens with one attached hydrogen (secondary N) is 2. The normalized spacial score (nSPS) is 10.3. The number of anilines is 2. The fraction of sp³-hybridized carbons (Fsp3) is 0.250. The van der Waals surface area contributed by atoms with Gasteiger partial charge in [0.2, 0.25) is 17.7 Å². The van der Waals surface area contributed by atoms with Crippen molar-refractivity contribution in [1.82, 2.24) is 0 Å². The number of nitrogens with two attached hydrogens (primary N) is 1. The molecule has 0 spiro atoms. The standard InChI is InChI=1S/C20H23N3O3S/c1-2-3-7-18(24)23-16-5-4-6-17(12-16)27-13-19(25)22-15-10-8-14(9-11-15)20(21)26/h4-6,8-12H,2-3,7,13H2,1H3,(H2,21,26)(H,22,25)(H,23,24). The van der Waals surface area contributed by atoms with Gasteiger partial charge in [-0.15, -0.1) is 11.8 Å². The first kappa shape index (κ1) is 20.5. The lowest BCUT2D eigenvalue weighted by Gasteiger charge is -2.08. The molecule has 3 amide bonds. The summed E-state index contributed by atoms with van der Waals surface area (Å²) >= 11 is 1.38. The molecule has 6 nitrogen and oxygen atoms in total. The smallest absolute Gasteiger partial charge is 0.248 e. The third-order valence-electron chi connectivity index (χ3n) is 3.70. The summed E-state index contributed by atoms with van der Waals surface area (Å²) in [4.78, 5) is 35.8.